The third-order valence-corrected chi connectivity index (χ3v) is 3.84. The van der Waals surface area contributed by atoms with Gasteiger partial charge in [-0.1, -0.05) is 26.0 Å². The van der Waals surface area contributed by atoms with Gasteiger partial charge in [0.1, 0.15) is 0 Å². The van der Waals surface area contributed by atoms with Crippen LogP contribution in [0.3, 0.4) is 0 Å². The molecule has 1 aromatic carbocycles. The van der Waals surface area contributed by atoms with Crippen LogP contribution in [-0.4, -0.2) is 12.8 Å². The Bertz CT molecular complexity index is 279. The fourth-order valence-electron chi connectivity index (χ4n) is 1.28. The van der Waals surface area contributed by atoms with Crippen LogP contribution < -0.4 is 5.32 Å². The monoisotopic (exact) mass is 223 g/mol. The van der Waals surface area contributed by atoms with Crippen LogP contribution >= 0.6 is 11.8 Å². The molecule has 0 aliphatic heterocycles. The summed E-state index contributed by atoms with van der Waals surface area (Å²) in [4.78, 5) is 1.37. The molecule has 15 heavy (non-hydrogen) atoms. The van der Waals surface area contributed by atoms with Gasteiger partial charge in [0.2, 0.25) is 0 Å². The van der Waals surface area contributed by atoms with E-state index in [1.165, 1.54) is 16.2 Å². The Labute approximate surface area is 97.7 Å². The van der Waals surface area contributed by atoms with E-state index in [4.69, 9.17) is 0 Å². The van der Waals surface area contributed by atoms with E-state index in [1.54, 1.807) is 0 Å². The van der Waals surface area contributed by atoms with Crippen LogP contribution in [0.1, 0.15) is 32.4 Å². The van der Waals surface area contributed by atoms with Crippen LogP contribution in [0.2, 0.25) is 0 Å². The van der Waals surface area contributed by atoms with Gasteiger partial charge >= 0.3 is 0 Å². The minimum atomic E-state index is 0.439. The van der Waals surface area contributed by atoms with Crippen LogP contribution in [-0.2, 0) is 0 Å². The third-order valence-electron chi connectivity index (χ3n) is 2.40. The summed E-state index contributed by atoms with van der Waals surface area (Å²) < 4.78 is 0. The number of thioether (sulfide) groups is 1. The van der Waals surface area contributed by atoms with Gasteiger partial charge in [-0.15, -0.1) is 11.8 Å². The smallest absolute Gasteiger partial charge is 0.0289 e. The van der Waals surface area contributed by atoms with E-state index in [1.807, 2.05) is 18.8 Å². The second-order valence-electron chi connectivity index (χ2n) is 4.28. The molecule has 0 spiro atoms. The maximum atomic E-state index is 3.24. The molecule has 0 radical (unpaired) electrons. The van der Waals surface area contributed by atoms with Gasteiger partial charge in [-0.3, -0.25) is 0 Å². The Morgan fingerprint density at radius 3 is 2.20 bits per heavy atom. The second-order valence-corrected chi connectivity index (χ2v) is 5.38. The minimum Gasteiger partial charge on any atom is -0.313 e. The minimum absolute atomic E-state index is 0.439. The number of hydrogen-bond acceptors (Lipinski definition) is 2. The largest absolute Gasteiger partial charge is 0.313 e. The molecule has 0 saturated heterocycles. The third kappa shape index (κ3) is 4.27. The molecule has 0 aliphatic carbocycles. The zero-order valence-corrected chi connectivity index (χ0v) is 10.9. The van der Waals surface area contributed by atoms with Crippen molar-refractivity contribution in [3.05, 3.63) is 29.8 Å². The van der Waals surface area contributed by atoms with E-state index in [0.29, 0.717) is 6.04 Å². The van der Waals surface area contributed by atoms with E-state index in [0.717, 1.165) is 5.92 Å². The Kier molecular flexibility index (Phi) is 5.20. The first-order chi connectivity index (χ1) is 7.13. The molecule has 0 bridgehead atoms. The van der Waals surface area contributed by atoms with Gasteiger partial charge in [0.05, 0.1) is 0 Å². The predicted molar refractivity (Wildman–Crippen MR) is 69.5 cm³/mol. The summed E-state index contributed by atoms with van der Waals surface area (Å²) in [6, 6.07) is 9.30. The van der Waals surface area contributed by atoms with Crippen molar-refractivity contribution in [1.82, 2.24) is 5.32 Å². The van der Waals surface area contributed by atoms with E-state index in [9.17, 15) is 0 Å². The highest BCUT2D eigenvalue weighted by atomic mass is 32.2. The Balaban J connectivity index is 2.56. The van der Waals surface area contributed by atoms with Crippen molar-refractivity contribution in [2.24, 2.45) is 5.92 Å². The number of nitrogens with one attached hydrogen (secondary N) is 1. The van der Waals surface area contributed by atoms with Crippen LogP contribution in [0.5, 0.6) is 0 Å². The first-order valence-corrected chi connectivity index (χ1v) is 6.52. The number of hydrogen-bond donors (Lipinski definition) is 1. The van der Waals surface area contributed by atoms with Crippen LogP contribution in [0.15, 0.2) is 29.2 Å². The molecular formula is C13H21NS. The van der Waals surface area contributed by atoms with Gasteiger partial charge in [0, 0.05) is 16.7 Å². The van der Waals surface area contributed by atoms with E-state index >= 15 is 0 Å². The van der Waals surface area contributed by atoms with Crippen molar-refractivity contribution in [2.45, 2.75) is 31.7 Å². The zero-order chi connectivity index (χ0) is 11.3. The van der Waals surface area contributed by atoms with Gasteiger partial charge in [0.25, 0.3) is 0 Å². The highest BCUT2D eigenvalue weighted by molar-refractivity contribution is 7.99. The van der Waals surface area contributed by atoms with Crippen molar-refractivity contribution < 1.29 is 0 Å². The molecule has 0 heterocycles. The van der Waals surface area contributed by atoms with Crippen molar-refractivity contribution in [3.8, 4) is 0 Å². The molecule has 84 valence electrons. The molecule has 1 atom stereocenters. The molecule has 1 unspecified atom stereocenters. The normalized spacial score (nSPS) is 13.1. The number of rotatable bonds is 5. The summed E-state index contributed by atoms with van der Waals surface area (Å²) in [5.41, 5.74) is 1.35. The lowest BCUT2D eigenvalue weighted by atomic mass is 10.1. The van der Waals surface area contributed by atoms with Gasteiger partial charge in [-0.2, -0.15) is 0 Å². The van der Waals surface area contributed by atoms with Gasteiger partial charge < -0.3 is 5.32 Å². The van der Waals surface area contributed by atoms with Crippen molar-refractivity contribution in [1.29, 1.82) is 0 Å². The van der Waals surface area contributed by atoms with E-state index in [2.05, 4.69) is 50.4 Å². The van der Waals surface area contributed by atoms with Crippen molar-refractivity contribution in [3.63, 3.8) is 0 Å². The summed E-state index contributed by atoms with van der Waals surface area (Å²) in [5.74, 6) is 1.95. The summed E-state index contributed by atoms with van der Waals surface area (Å²) in [6.45, 7) is 6.69. The van der Waals surface area contributed by atoms with Gasteiger partial charge in [-0.25, -0.2) is 0 Å². The molecule has 1 N–H and O–H groups in total. The van der Waals surface area contributed by atoms with Crippen LogP contribution in [0.25, 0.3) is 0 Å². The second kappa shape index (κ2) is 6.19. The lowest BCUT2D eigenvalue weighted by Gasteiger charge is -2.11. The fraction of sp³-hybridized carbons (Fsp3) is 0.538. The van der Waals surface area contributed by atoms with Gasteiger partial charge in [0.15, 0.2) is 0 Å². The maximum absolute atomic E-state index is 3.24. The highest BCUT2D eigenvalue weighted by Gasteiger charge is 2.02. The molecule has 0 aromatic heterocycles. The summed E-state index contributed by atoms with van der Waals surface area (Å²) in [6.07, 6.45) is 0. The summed E-state index contributed by atoms with van der Waals surface area (Å²) >= 11 is 1.94. The SMILES string of the molecule is CNC(C)c1ccc(SCC(C)C)cc1. The molecule has 1 aromatic rings. The maximum Gasteiger partial charge on any atom is 0.0289 e. The lowest BCUT2D eigenvalue weighted by molar-refractivity contribution is 0.652. The highest BCUT2D eigenvalue weighted by Crippen LogP contribution is 2.22. The lowest BCUT2D eigenvalue weighted by Crippen LogP contribution is -2.11. The topological polar surface area (TPSA) is 12.0 Å². The van der Waals surface area contributed by atoms with Gasteiger partial charge in [-0.05, 0) is 37.6 Å². The number of benzene rings is 1. The Morgan fingerprint density at radius 2 is 1.73 bits per heavy atom. The molecule has 1 rings (SSSR count). The van der Waals surface area contributed by atoms with Crippen LogP contribution in [0, 0.1) is 5.92 Å². The molecular weight excluding hydrogens is 202 g/mol. The Hall–Kier alpha value is -0.470. The Morgan fingerprint density at radius 1 is 1.13 bits per heavy atom. The molecule has 1 nitrogen and oxygen atoms in total. The quantitative estimate of drug-likeness (QED) is 0.764. The van der Waals surface area contributed by atoms with Crippen LogP contribution in [0.4, 0.5) is 0 Å². The molecule has 0 fully saturated rings. The average Bonchev–Trinajstić information content (AvgIpc) is 2.26. The van der Waals surface area contributed by atoms with Crippen molar-refractivity contribution in [2.75, 3.05) is 12.8 Å². The zero-order valence-electron chi connectivity index (χ0n) is 10.1. The van der Waals surface area contributed by atoms with E-state index < -0.39 is 0 Å². The average molecular weight is 223 g/mol. The fourth-order valence-corrected chi connectivity index (χ4v) is 2.14. The predicted octanol–water partition coefficient (Wildman–Crippen LogP) is 3.72. The van der Waals surface area contributed by atoms with Crippen molar-refractivity contribution >= 4 is 11.8 Å². The molecule has 2 heteroatoms. The van der Waals surface area contributed by atoms with E-state index in [-0.39, 0.29) is 0 Å². The first kappa shape index (κ1) is 12.6. The first-order valence-electron chi connectivity index (χ1n) is 5.53. The molecule has 0 aliphatic rings. The summed E-state index contributed by atoms with van der Waals surface area (Å²) in [7, 11) is 1.99. The molecule has 0 amide bonds. The summed E-state index contributed by atoms with van der Waals surface area (Å²) in [5, 5.41) is 3.24. The standard InChI is InChI=1S/C13H21NS/c1-10(2)9-15-13-7-5-12(6-8-13)11(3)14-4/h5-8,10-11,14H,9H2,1-4H3. The molecule has 0 saturated carbocycles.